The van der Waals surface area contributed by atoms with E-state index in [4.69, 9.17) is 0 Å². The van der Waals surface area contributed by atoms with Gasteiger partial charge in [-0.05, 0) is 24.8 Å². The molecular weight excluding hydrogens is 264 g/mol. The number of hydrogen-bond donors (Lipinski definition) is 1. The van der Waals surface area contributed by atoms with E-state index in [-0.39, 0.29) is 6.10 Å². The van der Waals surface area contributed by atoms with Gasteiger partial charge in [-0.2, -0.15) is 28.6 Å². The second-order valence-electron chi connectivity index (χ2n) is 4.78. The quantitative estimate of drug-likeness (QED) is 0.901. The maximum Gasteiger partial charge on any atom is 0.0672 e. The fourth-order valence-electron chi connectivity index (χ4n) is 2.37. The van der Waals surface area contributed by atoms with Crippen molar-refractivity contribution in [3.8, 4) is 0 Å². The number of aryl methyl sites for hydroxylation is 2. The van der Waals surface area contributed by atoms with Crippen LogP contribution in [0.4, 0.5) is 0 Å². The van der Waals surface area contributed by atoms with Crippen LogP contribution in [0.2, 0.25) is 0 Å². The molecule has 1 saturated heterocycles. The second kappa shape index (κ2) is 6.87. The molecule has 1 fully saturated rings. The zero-order valence-corrected chi connectivity index (χ0v) is 12.7. The van der Waals surface area contributed by atoms with Crippen LogP contribution in [-0.4, -0.2) is 43.0 Å². The van der Waals surface area contributed by atoms with Gasteiger partial charge in [-0.25, -0.2) is 0 Å². The maximum atomic E-state index is 10.4. The molecule has 3 unspecified atom stereocenters. The summed E-state index contributed by atoms with van der Waals surface area (Å²) in [7, 11) is 1.93. The third-order valence-electron chi connectivity index (χ3n) is 3.36. The van der Waals surface area contributed by atoms with Crippen LogP contribution in [0.3, 0.4) is 0 Å². The normalized spacial score (nSPS) is 26.2. The van der Waals surface area contributed by atoms with Gasteiger partial charge in [-0.3, -0.25) is 4.68 Å². The molecule has 1 aliphatic rings. The third-order valence-corrected chi connectivity index (χ3v) is 6.75. The number of nitrogens with zero attached hydrogens (tertiary/aromatic N) is 2. The Hall–Kier alpha value is -0.130. The van der Waals surface area contributed by atoms with E-state index in [1.54, 1.807) is 0 Å². The summed E-state index contributed by atoms with van der Waals surface area (Å²) in [5.74, 6) is 2.41. The lowest BCUT2D eigenvalue weighted by Gasteiger charge is -2.33. The van der Waals surface area contributed by atoms with Gasteiger partial charge < -0.3 is 5.11 Å². The van der Waals surface area contributed by atoms with Crippen molar-refractivity contribution in [1.82, 2.24) is 9.78 Å². The van der Waals surface area contributed by atoms with Gasteiger partial charge in [-0.1, -0.05) is 6.92 Å². The molecule has 1 aromatic heterocycles. The average molecular weight is 286 g/mol. The highest BCUT2D eigenvalue weighted by molar-refractivity contribution is 8.07. The van der Waals surface area contributed by atoms with Gasteiger partial charge in [0.1, 0.15) is 0 Å². The lowest BCUT2D eigenvalue weighted by molar-refractivity contribution is 0.159. The fourth-order valence-corrected chi connectivity index (χ4v) is 5.56. The summed E-state index contributed by atoms with van der Waals surface area (Å²) in [6.07, 6.45) is 6.67. The van der Waals surface area contributed by atoms with Crippen molar-refractivity contribution >= 4 is 23.5 Å². The molecule has 1 aromatic rings. The van der Waals surface area contributed by atoms with Crippen LogP contribution in [0, 0.1) is 0 Å². The Morgan fingerprint density at radius 2 is 2.28 bits per heavy atom. The maximum absolute atomic E-state index is 10.4. The van der Waals surface area contributed by atoms with Gasteiger partial charge in [-0.15, -0.1) is 0 Å². The average Bonchev–Trinajstić information content (AvgIpc) is 2.81. The van der Waals surface area contributed by atoms with E-state index < -0.39 is 0 Å². The molecule has 3 atom stereocenters. The van der Waals surface area contributed by atoms with Crippen molar-refractivity contribution in [3.63, 3.8) is 0 Å². The predicted octanol–water partition coefficient (Wildman–Crippen LogP) is 2.34. The van der Waals surface area contributed by atoms with E-state index in [9.17, 15) is 5.11 Å². The zero-order chi connectivity index (χ0) is 13.0. The number of rotatable bonds is 5. The van der Waals surface area contributed by atoms with Gasteiger partial charge in [0.05, 0.1) is 12.3 Å². The Balaban J connectivity index is 1.84. The van der Waals surface area contributed by atoms with Gasteiger partial charge in [0.25, 0.3) is 0 Å². The van der Waals surface area contributed by atoms with Crippen molar-refractivity contribution in [3.05, 3.63) is 18.0 Å². The number of aromatic nitrogens is 2. The molecule has 18 heavy (non-hydrogen) atoms. The van der Waals surface area contributed by atoms with Crippen LogP contribution < -0.4 is 0 Å². The summed E-state index contributed by atoms with van der Waals surface area (Å²) in [5, 5.41) is 15.6. The number of thioether (sulfide) groups is 2. The van der Waals surface area contributed by atoms with Crippen LogP contribution in [0.25, 0.3) is 0 Å². The summed E-state index contributed by atoms with van der Waals surface area (Å²) in [6.45, 7) is 2.23. The highest BCUT2D eigenvalue weighted by atomic mass is 32.2. The van der Waals surface area contributed by atoms with Gasteiger partial charge >= 0.3 is 0 Å². The first-order chi connectivity index (χ1) is 8.70. The van der Waals surface area contributed by atoms with E-state index in [1.807, 2.05) is 47.6 Å². The van der Waals surface area contributed by atoms with E-state index in [1.165, 1.54) is 17.1 Å². The standard InChI is InChI=1S/C13H22N2OS2/c1-3-12-13(18-7-6-17-12)11(16)5-4-10-8-14-15(2)9-10/h8-9,11-13,16H,3-7H2,1-2H3. The second-order valence-corrected chi connectivity index (χ2v) is 7.41. The molecule has 5 heteroatoms. The van der Waals surface area contributed by atoms with Crippen LogP contribution in [0.5, 0.6) is 0 Å². The molecule has 0 saturated carbocycles. The first-order valence-electron chi connectivity index (χ1n) is 6.59. The number of hydrogen-bond acceptors (Lipinski definition) is 4. The molecular formula is C13H22N2OS2. The van der Waals surface area contributed by atoms with Crippen molar-refractivity contribution in [2.24, 2.45) is 7.05 Å². The van der Waals surface area contributed by atoms with E-state index in [0.29, 0.717) is 10.5 Å². The highest BCUT2D eigenvalue weighted by Gasteiger charge is 2.30. The van der Waals surface area contributed by atoms with Crippen molar-refractivity contribution in [2.45, 2.75) is 42.8 Å². The third kappa shape index (κ3) is 3.68. The minimum atomic E-state index is -0.187. The Bertz CT molecular complexity index is 370. The van der Waals surface area contributed by atoms with Gasteiger partial charge in [0, 0.05) is 35.3 Å². The Morgan fingerprint density at radius 1 is 1.50 bits per heavy atom. The molecule has 0 aromatic carbocycles. The lowest BCUT2D eigenvalue weighted by Crippen LogP contribution is -2.36. The Labute approximate surface area is 118 Å². The molecule has 1 N–H and O–H groups in total. The highest BCUT2D eigenvalue weighted by Crippen LogP contribution is 2.36. The van der Waals surface area contributed by atoms with Gasteiger partial charge in [0.2, 0.25) is 0 Å². The molecule has 0 spiro atoms. The van der Waals surface area contributed by atoms with E-state index in [2.05, 4.69) is 12.0 Å². The van der Waals surface area contributed by atoms with Crippen molar-refractivity contribution in [1.29, 1.82) is 0 Å². The SMILES string of the molecule is CCC1SCCSC1C(O)CCc1cnn(C)c1. The molecule has 2 rings (SSSR count). The van der Waals surface area contributed by atoms with Crippen LogP contribution in [-0.2, 0) is 13.5 Å². The molecule has 1 aliphatic heterocycles. The van der Waals surface area contributed by atoms with Crippen LogP contribution in [0.1, 0.15) is 25.3 Å². The molecule has 0 amide bonds. The predicted molar refractivity (Wildman–Crippen MR) is 80.3 cm³/mol. The summed E-state index contributed by atoms with van der Waals surface area (Å²) >= 11 is 3.98. The van der Waals surface area contributed by atoms with Crippen LogP contribution >= 0.6 is 23.5 Å². The first-order valence-corrected chi connectivity index (χ1v) is 8.69. The van der Waals surface area contributed by atoms with Crippen molar-refractivity contribution in [2.75, 3.05) is 11.5 Å². The molecule has 0 radical (unpaired) electrons. The minimum absolute atomic E-state index is 0.187. The molecule has 3 nitrogen and oxygen atoms in total. The Kier molecular flexibility index (Phi) is 5.45. The van der Waals surface area contributed by atoms with E-state index in [0.717, 1.165) is 19.3 Å². The lowest BCUT2D eigenvalue weighted by atomic mass is 10.0. The topological polar surface area (TPSA) is 38.1 Å². The first kappa shape index (κ1) is 14.3. The van der Waals surface area contributed by atoms with Crippen LogP contribution in [0.15, 0.2) is 12.4 Å². The zero-order valence-electron chi connectivity index (χ0n) is 11.1. The largest absolute Gasteiger partial charge is 0.392 e. The number of aliphatic hydroxyl groups is 1. The monoisotopic (exact) mass is 286 g/mol. The molecule has 2 heterocycles. The van der Waals surface area contributed by atoms with E-state index >= 15 is 0 Å². The minimum Gasteiger partial charge on any atom is -0.392 e. The van der Waals surface area contributed by atoms with Crippen molar-refractivity contribution < 1.29 is 5.11 Å². The van der Waals surface area contributed by atoms with Gasteiger partial charge in [0.15, 0.2) is 0 Å². The summed E-state index contributed by atoms with van der Waals surface area (Å²) in [5.41, 5.74) is 1.22. The number of aliphatic hydroxyl groups excluding tert-OH is 1. The summed E-state index contributed by atoms with van der Waals surface area (Å²) in [6, 6.07) is 0. The molecule has 0 bridgehead atoms. The Morgan fingerprint density at radius 3 is 2.94 bits per heavy atom. The smallest absolute Gasteiger partial charge is 0.0672 e. The molecule has 102 valence electrons. The fraction of sp³-hybridized carbons (Fsp3) is 0.769. The summed E-state index contributed by atoms with van der Waals surface area (Å²) in [4.78, 5) is 0. The summed E-state index contributed by atoms with van der Waals surface area (Å²) < 4.78 is 1.82. The molecule has 0 aliphatic carbocycles.